The quantitative estimate of drug-likeness (QED) is 0.410. The maximum absolute atomic E-state index is 13.2. The molecule has 0 saturated heterocycles. The predicted octanol–water partition coefficient (Wildman–Crippen LogP) is 2.84. The molecule has 7 nitrogen and oxygen atoms in total. The van der Waals surface area contributed by atoms with E-state index < -0.39 is 22.5 Å². The Kier molecular flexibility index (Phi) is 6.59. The van der Waals surface area contributed by atoms with Crippen LogP contribution >= 0.6 is 34.8 Å². The molecule has 0 fully saturated rings. The third-order valence-corrected chi connectivity index (χ3v) is 6.03. The van der Waals surface area contributed by atoms with Gasteiger partial charge in [0.1, 0.15) is 17.2 Å². The zero-order valence-electron chi connectivity index (χ0n) is 13.4. The van der Waals surface area contributed by atoms with E-state index in [0.717, 1.165) is 4.31 Å². The molecule has 0 aliphatic heterocycles. The van der Waals surface area contributed by atoms with Crippen LogP contribution in [0.25, 0.3) is 0 Å². The number of benzene rings is 2. The number of hydrogen-bond acceptors (Lipinski definition) is 5. The molecule has 0 spiro atoms. The lowest BCUT2D eigenvalue weighted by atomic mass is 10.3. The Morgan fingerprint density at radius 2 is 1.77 bits per heavy atom. The van der Waals surface area contributed by atoms with E-state index in [1.165, 1.54) is 43.5 Å². The van der Waals surface area contributed by atoms with Crippen molar-refractivity contribution in [3.63, 3.8) is 0 Å². The molecule has 11 heteroatoms. The van der Waals surface area contributed by atoms with E-state index in [1.54, 1.807) is 0 Å². The van der Waals surface area contributed by atoms with Gasteiger partial charge in [-0.05, 0) is 36.4 Å². The van der Waals surface area contributed by atoms with Crippen molar-refractivity contribution in [3.05, 3.63) is 51.5 Å². The summed E-state index contributed by atoms with van der Waals surface area (Å²) in [6, 6.07) is 8.31. The van der Waals surface area contributed by atoms with Gasteiger partial charge in [-0.25, -0.2) is 14.3 Å². The van der Waals surface area contributed by atoms with Crippen LogP contribution in [0.1, 0.15) is 0 Å². The first kappa shape index (κ1) is 20.6. The van der Waals surface area contributed by atoms with Crippen LogP contribution in [0.15, 0.2) is 41.3 Å². The smallest absolute Gasteiger partial charge is 0.266 e. The van der Waals surface area contributed by atoms with Crippen LogP contribution in [-0.4, -0.2) is 28.0 Å². The van der Waals surface area contributed by atoms with Crippen molar-refractivity contribution in [1.82, 2.24) is 5.43 Å². The van der Waals surface area contributed by atoms with Gasteiger partial charge in [0.25, 0.3) is 15.9 Å². The average Bonchev–Trinajstić information content (AvgIpc) is 2.61. The van der Waals surface area contributed by atoms with E-state index in [2.05, 4.69) is 0 Å². The second kappa shape index (κ2) is 8.32. The molecule has 140 valence electrons. The molecule has 0 atom stereocenters. The number of halogens is 3. The minimum atomic E-state index is -4.30. The minimum Gasteiger partial charge on any atom is -0.495 e. The van der Waals surface area contributed by atoms with Crippen molar-refractivity contribution in [2.45, 2.75) is 4.90 Å². The van der Waals surface area contributed by atoms with Gasteiger partial charge in [-0.1, -0.05) is 34.8 Å². The molecule has 2 rings (SSSR count). The highest BCUT2D eigenvalue weighted by Crippen LogP contribution is 2.36. The molecular weight excluding hydrogens is 425 g/mol. The van der Waals surface area contributed by atoms with Gasteiger partial charge >= 0.3 is 0 Å². The molecule has 0 heterocycles. The van der Waals surface area contributed by atoms with Gasteiger partial charge in [0.05, 0.1) is 17.8 Å². The van der Waals surface area contributed by atoms with E-state index in [-0.39, 0.29) is 31.4 Å². The van der Waals surface area contributed by atoms with E-state index in [4.69, 9.17) is 45.4 Å². The fraction of sp³-hybridized carbons (Fsp3) is 0.133. The third-order valence-electron chi connectivity index (χ3n) is 3.32. The summed E-state index contributed by atoms with van der Waals surface area (Å²) in [5.41, 5.74) is 1.93. The highest BCUT2D eigenvalue weighted by Gasteiger charge is 2.31. The highest BCUT2D eigenvalue weighted by molar-refractivity contribution is 7.93. The number of rotatable bonds is 6. The van der Waals surface area contributed by atoms with Gasteiger partial charge in [0.15, 0.2) is 0 Å². The number of carbonyl (C=O) groups is 1. The Morgan fingerprint density at radius 1 is 1.15 bits per heavy atom. The number of nitrogens with zero attached hydrogens (tertiary/aromatic N) is 1. The summed E-state index contributed by atoms with van der Waals surface area (Å²) in [5.74, 6) is 4.53. The Labute approximate surface area is 165 Å². The van der Waals surface area contributed by atoms with Crippen LogP contribution in [0, 0.1) is 0 Å². The monoisotopic (exact) mass is 437 g/mol. The molecule has 26 heavy (non-hydrogen) atoms. The maximum Gasteiger partial charge on any atom is 0.266 e. The van der Waals surface area contributed by atoms with Crippen molar-refractivity contribution in [2.75, 3.05) is 18.0 Å². The van der Waals surface area contributed by atoms with Crippen LogP contribution < -0.4 is 20.3 Å². The molecule has 2 aromatic rings. The van der Waals surface area contributed by atoms with Crippen molar-refractivity contribution >= 4 is 56.4 Å². The van der Waals surface area contributed by atoms with Crippen LogP contribution in [-0.2, 0) is 14.8 Å². The number of ether oxygens (including phenoxy) is 1. The molecule has 3 N–H and O–H groups in total. The zero-order valence-corrected chi connectivity index (χ0v) is 16.5. The molecule has 0 aliphatic carbocycles. The lowest BCUT2D eigenvalue weighted by Gasteiger charge is -2.26. The lowest BCUT2D eigenvalue weighted by Crippen LogP contribution is -2.43. The minimum absolute atomic E-state index is 0.0413. The molecule has 0 saturated carbocycles. The van der Waals surface area contributed by atoms with Crippen molar-refractivity contribution in [1.29, 1.82) is 0 Å². The van der Waals surface area contributed by atoms with Gasteiger partial charge in [0.2, 0.25) is 0 Å². The van der Waals surface area contributed by atoms with E-state index >= 15 is 0 Å². The number of nitrogens with two attached hydrogens (primary N) is 1. The van der Waals surface area contributed by atoms with Crippen molar-refractivity contribution in [2.24, 2.45) is 5.84 Å². The molecular formula is C15H14Cl3N3O4S. The van der Waals surface area contributed by atoms with E-state index in [1.807, 2.05) is 5.43 Å². The van der Waals surface area contributed by atoms with Gasteiger partial charge in [-0.3, -0.25) is 14.5 Å². The van der Waals surface area contributed by atoms with Gasteiger partial charge in [0, 0.05) is 10.0 Å². The number of nitrogens with one attached hydrogen (secondary N) is 1. The summed E-state index contributed by atoms with van der Waals surface area (Å²) in [6.07, 6.45) is 0. The lowest BCUT2D eigenvalue weighted by molar-refractivity contribution is -0.119. The first-order valence-electron chi connectivity index (χ1n) is 7.01. The second-order valence-corrected chi connectivity index (χ2v) is 8.08. The largest absolute Gasteiger partial charge is 0.495 e. The van der Waals surface area contributed by atoms with Crippen LogP contribution in [0.3, 0.4) is 0 Å². The molecule has 0 aliphatic rings. The topological polar surface area (TPSA) is 102 Å². The highest BCUT2D eigenvalue weighted by atomic mass is 35.5. The third kappa shape index (κ3) is 4.33. The molecule has 0 radical (unpaired) electrons. The molecule has 2 aromatic carbocycles. The van der Waals surface area contributed by atoms with Crippen LogP contribution in [0.4, 0.5) is 5.69 Å². The number of hydrogen-bond donors (Lipinski definition) is 2. The SMILES string of the molecule is COc1ccc(Cl)cc1N(CC(=O)NN)S(=O)(=O)c1cc(Cl)ccc1Cl. The molecule has 1 amide bonds. The zero-order chi connectivity index (χ0) is 19.5. The normalized spacial score (nSPS) is 11.1. The van der Waals surface area contributed by atoms with E-state index in [0.29, 0.717) is 0 Å². The Bertz CT molecular complexity index is 938. The van der Waals surface area contributed by atoms with Crippen LogP contribution in [0.2, 0.25) is 15.1 Å². The Hall–Kier alpha value is -1.71. The first-order chi connectivity index (χ1) is 12.2. The predicted molar refractivity (Wildman–Crippen MR) is 101 cm³/mol. The molecule has 0 unspecified atom stereocenters. The standard InChI is InChI=1S/C15H14Cl3N3O4S/c1-25-13-5-3-9(16)6-12(13)21(8-15(22)20-19)26(23,24)14-7-10(17)2-4-11(14)18/h2-7H,8,19H2,1H3,(H,20,22). The van der Waals surface area contributed by atoms with Crippen molar-refractivity contribution in [3.8, 4) is 5.75 Å². The number of carbonyl (C=O) groups excluding carboxylic acids is 1. The Morgan fingerprint density at radius 3 is 2.38 bits per heavy atom. The fourth-order valence-corrected chi connectivity index (χ4v) is 4.46. The van der Waals surface area contributed by atoms with E-state index in [9.17, 15) is 13.2 Å². The maximum atomic E-state index is 13.2. The number of hydrazine groups is 1. The average molecular weight is 439 g/mol. The Balaban J connectivity index is 2.71. The number of sulfonamides is 1. The number of methoxy groups -OCH3 is 1. The van der Waals surface area contributed by atoms with Gasteiger partial charge in [-0.2, -0.15) is 0 Å². The summed E-state index contributed by atoms with van der Waals surface area (Å²) >= 11 is 17.9. The molecule has 0 aromatic heterocycles. The van der Waals surface area contributed by atoms with Gasteiger partial charge < -0.3 is 4.74 Å². The first-order valence-corrected chi connectivity index (χ1v) is 9.59. The molecule has 0 bridgehead atoms. The summed E-state index contributed by atoms with van der Waals surface area (Å²) in [5, 5.41) is 0.342. The fourth-order valence-electron chi connectivity index (χ4n) is 2.13. The summed E-state index contributed by atoms with van der Waals surface area (Å²) in [4.78, 5) is 11.6. The van der Waals surface area contributed by atoms with Crippen LogP contribution in [0.5, 0.6) is 5.75 Å². The number of anilines is 1. The second-order valence-electron chi connectivity index (χ2n) is 4.97. The number of amides is 1. The van der Waals surface area contributed by atoms with Gasteiger partial charge in [-0.15, -0.1) is 0 Å². The summed E-state index contributed by atoms with van der Waals surface area (Å²) < 4.78 is 32.4. The van der Waals surface area contributed by atoms with Crippen molar-refractivity contribution < 1.29 is 17.9 Å². The summed E-state index contributed by atoms with van der Waals surface area (Å²) in [7, 11) is -2.95. The summed E-state index contributed by atoms with van der Waals surface area (Å²) in [6.45, 7) is -0.627.